The summed E-state index contributed by atoms with van der Waals surface area (Å²) in [6.07, 6.45) is 0.760. The summed E-state index contributed by atoms with van der Waals surface area (Å²) in [6.45, 7) is 3.55. The van der Waals surface area contributed by atoms with Gasteiger partial charge in [0.15, 0.2) is 11.5 Å². The molecule has 0 radical (unpaired) electrons. The van der Waals surface area contributed by atoms with E-state index in [1.165, 1.54) is 0 Å². The first-order valence-electron chi connectivity index (χ1n) is 6.11. The molecule has 0 fully saturated rings. The van der Waals surface area contributed by atoms with Gasteiger partial charge < -0.3 is 20.5 Å². The summed E-state index contributed by atoms with van der Waals surface area (Å²) in [5.41, 5.74) is 6.02. The number of rotatable bonds is 4. The van der Waals surface area contributed by atoms with Gasteiger partial charge in [0.2, 0.25) is 0 Å². The molecule has 1 unspecified atom stereocenters. The van der Waals surface area contributed by atoms with Crippen LogP contribution in [0.1, 0.15) is 23.7 Å². The van der Waals surface area contributed by atoms with E-state index in [4.69, 9.17) is 15.2 Å². The van der Waals surface area contributed by atoms with E-state index in [9.17, 15) is 4.79 Å². The lowest BCUT2D eigenvalue weighted by atomic mass is 10.1. The minimum absolute atomic E-state index is 0.0655. The van der Waals surface area contributed by atoms with E-state index in [0.717, 1.165) is 6.42 Å². The Hall–Kier alpha value is -1.75. The van der Waals surface area contributed by atoms with Crippen molar-refractivity contribution in [3.63, 3.8) is 0 Å². The molecule has 1 atom stereocenters. The Morgan fingerprint density at radius 2 is 2.11 bits per heavy atom. The highest BCUT2D eigenvalue weighted by molar-refractivity contribution is 5.95. The number of ether oxygens (including phenoxy) is 2. The summed E-state index contributed by atoms with van der Waals surface area (Å²) < 4.78 is 10.8. The molecule has 3 N–H and O–H groups in total. The normalized spacial score (nSPS) is 15.0. The summed E-state index contributed by atoms with van der Waals surface area (Å²) in [5, 5.41) is 2.89. The number of carbonyl (C=O) groups excluding carboxylic acids is 1. The molecule has 1 aliphatic heterocycles. The fraction of sp³-hybridized carbons (Fsp3) is 0.462. The SMILES string of the molecule is CC(CCN)NC(=O)c1ccc2c(c1)OCCO2. The first kappa shape index (κ1) is 12.7. The lowest BCUT2D eigenvalue weighted by molar-refractivity contribution is 0.0937. The van der Waals surface area contributed by atoms with Crippen LogP contribution in [0.4, 0.5) is 0 Å². The van der Waals surface area contributed by atoms with E-state index in [1.54, 1.807) is 18.2 Å². The minimum Gasteiger partial charge on any atom is -0.486 e. The maximum Gasteiger partial charge on any atom is 0.251 e. The summed E-state index contributed by atoms with van der Waals surface area (Å²) in [7, 11) is 0. The molecule has 0 aromatic heterocycles. The van der Waals surface area contributed by atoms with Crippen LogP contribution in [0.15, 0.2) is 18.2 Å². The Morgan fingerprint density at radius 1 is 1.39 bits per heavy atom. The molecule has 0 spiro atoms. The van der Waals surface area contributed by atoms with Gasteiger partial charge in [-0.1, -0.05) is 0 Å². The lowest BCUT2D eigenvalue weighted by Gasteiger charge is -2.19. The molecule has 5 heteroatoms. The van der Waals surface area contributed by atoms with Crippen LogP contribution < -0.4 is 20.5 Å². The molecule has 1 aliphatic rings. The molecular formula is C13H18N2O3. The van der Waals surface area contributed by atoms with E-state index in [2.05, 4.69) is 5.32 Å². The Morgan fingerprint density at radius 3 is 2.83 bits per heavy atom. The van der Waals surface area contributed by atoms with E-state index in [-0.39, 0.29) is 11.9 Å². The molecule has 2 rings (SSSR count). The number of nitrogens with one attached hydrogen (secondary N) is 1. The minimum atomic E-state index is -0.118. The van der Waals surface area contributed by atoms with Gasteiger partial charge in [0.05, 0.1) is 0 Å². The zero-order valence-electron chi connectivity index (χ0n) is 10.4. The molecule has 1 aromatic carbocycles. The van der Waals surface area contributed by atoms with Crippen LogP contribution in [0.2, 0.25) is 0 Å². The van der Waals surface area contributed by atoms with Crippen molar-refractivity contribution in [3.8, 4) is 11.5 Å². The van der Waals surface area contributed by atoms with Gasteiger partial charge in [0, 0.05) is 11.6 Å². The average Bonchev–Trinajstić information content (AvgIpc) is 2.38. The maximum absolute atomic E-state index is 12.0. The Labute approximate surface area is 106 Å². The molecule has 98 valence electrons. The summed E-state index contributed by atoms with van der Waals surface area (Å²) >= 11 is 0. The fourth-order valence-corrected chi connectivity index (χ4v) is 1.81. The van der Waals surface area contributed by atoms with E-state index in [1.807, 2.05) is 6.92 Å². The van der Waals surface area contributed by atoms with Gasteiger partial charge >= 0.3 is 0 Å². The number of carbonyl (C=O) groups is 1. The largest absolute Gasteiger partial charge is 0.486 e. The Kier molecular flexibility index (Phi) is 4.04. The van der Waals surface area contributed by atoms with Crippen LogP contribution in [-0.4, -0.2) is 31.7 Å². The fourth-order valence-electron chi connectivity index (χ4n) is 1.81. The molecule has 0 bridgehead atoms. The Bertz CT molecular complexity index is 434. The van der Waals surface area contributed by atoms with Crippen LogP contribution >= 0.6 is 0 Å². The van der Waals surface area contributed by atoms with Crippen LogP contribution in [0.5, 0.6) is 11.5 Å². The van der Waals surface area contributed by atoms with Crippen molar-refractivity contribution in [2.75, 3.05) is 19.8 Å². The molecule has 1 heterocycles. The molecule has 0 saturated heterocycles. The topological polar surface area (TPSA) is 73.6 Å². The highest BCUT2D eigenvalue weighted by Gasteiger charge is 2.15. The zero-order valence-corrected chi connectivity index (χ0v) is 10.4. The highest BCUT2D eigenvalue weighted by Crippen LogP contribution is 2.30. The number of amides is 1. The van der Waals surface area contributed by atoms with Crippen LogP contribution in [0, 0.1) is 0 Å². The quantitative estimate of drug-likeness (QED) is 0.833. The number of fused-ring (bicyclic) bond motifs is 1. The molecule has 0 aliphatic carbocycles. The first-order valence-corrected chi connectivity index (χ1v) is 6.11. The van der Waals surface area contributed by atoms with Gasteiger partial charge in [-0.15, -0.1) is 0 Å². The third-order valence-electron chi connectivity index (χ3n) is 2.78. The van der Waals surface area contributed by atoms with Gasteiger partial charge in [0.25, 0.3) is 5.91 Å². The summed E-state index contributed by atoms with van der Waals surface area (Å²) in [6, 6.07) is 5.27. The average molecular weight is 250 g/mol. The third kappa shape index (κ3) is 2.92. The number of hydrogen-bond donors (Lipinski definition) is 2. The second-order valence-corrected chi connectivity index (χ2v) is 4.31. The van der Waals surface area contributed by atoms with Crippen molar-refractivity contribution >= 4 is 5.91 Å². The van der Waals surface area contributed by atoms with Gasteiger partial charge in [-0.25, -0.2) is 0 Å². The van der Waals surface area contributed by atoms with Crippen molar-refractivity contribution in [2.45, 2.75) is 19.4 Å². The highest BCUT2D eigenvalue weighted by atomic mass is 16.6. The van der Waals surface area contributed by atoms with Crippen molar-refractivity contribution in [1.29, 1.82) is 0 Å². The second-order valence-electron chi connectivity index (χ2n) is 4.31. The molecule has 1 aromatic rings. The lowest BCUT2D eigenvalue weighted by Crippen LogP contribution is -2.34. The molecular weight excluding hydrogens is 232 g/mol. The number of nitrogens with two attached hydrogens (primary N) is 1. The summed E-state index contributed by atoms with van der Waals surface area (Å²) in [4.78, 5) is 12.0. The maximum atomic E-state index is 12.0. The smallest absolute Gasteiger partial charge is 0.251 e. The number of benzene rings is 1. The monoisotopic (exact) mass is 250 g/mol. The van der Waals surface area contributed by atoms with Gasteiger partial charge in [-0.3, -0.25) is 4.79 Å². The van der Waals surface area contributed by atoms with Crippen LogP contribution in [0.3, 0.4) is 0 Å². The predicted octanol–water partition coefficient (Wildman–Crippen LogP) is 0.925. The second kappa shape index (κ2) is 5.73. The first-order chi connectivity index (χ1) is 8.70. The molecule has 0 saturated carbocycles. The van der Waals surface area contributed by atoms with Crippen molar-refractivity contribution < 1.29 is 14.3 Å². The Balaban J connectivity index is 2.06. The van der Waals surface area contributed by atoms with Crippen molar-refractivity contribution in [2.24, 2.45) is 5.73 Å². The van der Waals surface area contributed by atoms with E-state index >= 15 is 0 Å². The molecule has 18 heavy (non-hydrogen) atoms. The number of hydrogen-bond acceptors (Lipinski definition) is 4. The van der Waals surface area contributed by atoms with Crippen molar-refractivity contribution in [1.82, 2.24) is 5.32 Å². The third-order valence-corrected chi connectivity index (χ3v) is 2.78. The van der Waals surface area contributed by atoms with Crippen molar-refractivity contribution in [3.05, 3.63) is 23.8 Å². The van der Waals surface area contributed by atoms with E-state index in [0.29, 0.717) is 36.8 Å². The van der Waals surface area contributed by atoms with E-state index < -0.39 is 0 Å². The summed E-state index contributed by atoms with van der Waals surface area (Å²) in [5.74, 6) is 1.20. The van der Waals surface area contributed by atoms with Gasteiger partial charge in [-0.2, -0.15) is 0 Å². The standard InChI is InChI=1S/C13H18N2O3/c1-9(4-5-14)15-13(16)10-2-3-11-12(8-10)18-7-6-17-11/h2-3,8-9H,4-7,14H2,1H3,(H,15,16). The van der Waals surface area contributed by atoms with Gasteiger partial charge in [0.1, 0.15) is 13.2 Å². The predicted molar refractivity (Wildman–Crippen MR) is 68.0 cm³/mol. The van der Waals surface area contributed by atoms with Crippen LogP contribution in [0.25, 0.3) is 0 Å². The molecule has 1 amide bonds. The van der Waals surface area contributed by atoms with Crippen LogP contribution in [-0.2, 0) is 0 Å². The zero-order chi connectivity index (χ0) is 13.0. The van der Waals surface area contributed by atoms with Gasteiger partial charge in [-0.05, 0) is 38.1 Å². The molecule has 5 nitrogen and oxygen atoms in total.